The molecule has 2 aliphatic carbocycles. The third-order valence-electron chi connectivity index (χ3n) is 11.7. The number of aromatic nitrogens is 5. The van der Waals surface area contributed by atoms with Gasteiger partial charge >= 0.3 is 0 Å². The highest BCUT2D eigenvalue weighted by molar-refractivity contribution is 5.77. The van der Waals surface area contributed by atoms with E-state index >= 15 is 0 Å². The van der Waals surface area contributed by atoms with Crippen LogP contribution in [0, 0.1) is 10.8 Å². The van der Waals surface area contributed by atoms with E-state index in [-0.39, 0.29) is 17.5 Å². The summed E-state index contributed by atoms with van der Waals surface area (Å²) >= 11 is 0. The fraction of sp³-hybridized carbons (Fsp3) is 0.500. The monoisotopic (exact) mass is 620 g/mol. The summed E-state index contributed by atoms with van der Waals surface area (Å²) in [5.74, 6) is 0.949. The lowest BCUT2D eigenvalue weighted by atomic mass is 9.71. The molecule has 2 aliphatic heterocycles. The molecule has 3 aromatic heterocycles. The number of aliphatic hydroxyl groups is 1. The second-order valence-corrected chi connectivity index (χ2v) is 14.2. The highest BCUT2D eigenvalue weighted by Gasteiger charge is 2.63. The van der Waals surface area contributed by atoms with E-state index in [0.717, 1.165) is 49.3 Å². The molecule has 1 aromatic carbocycles. The van der Waals surface area contributed by atoms with E-state index in [1.54, 1.807) is 21.6 Å². The van der Waals surface area contributed by atoms with Crippen LogP contribution in [0.15, 0.2) is 60.0 Å². The van der Waals surface area contributed by atoms with Crippen molar-refractivity contribution in [1.82, 2.24) is 29.2 Å². The molecule has 1 saturated carbocycles. The molecule has 10 nitrogen and oxygen atoms in total. The van der Waals surface area contributed by atoms with E-state index in [1.165, 1.54) is 44.5 Å². The number of piperidine rings is 2. The summed E-state index contributed by atoms with van der Waals surface area (Å²) < 4.78 is 3.33. The van der Waals surface area contributed by atoms with Crippen molar-refractivity contribution in [3.63, 3.8) is 0 Å². The van der Waals surface area contributed by atoms with Crippen molar-refractivity contribution in [3.05, 3.63) is 76.9 Å². The van der Waals surface area contributed by atoms with Crippen molar-refractivity contribution >= 4 is 28.4 Å². The molecule has 3 fully saturated rings. The highest BCUT2D eigenvalue weighted by Crippen LogP contribution is 2.65. The average Bonchev–Trinajstić information content (AvgIpc) is 3.76. The summed E-state index contributed by atoms with van der Waals surface area (Å²) in [5, 5.41) is 15.5. The largest absolute Gasteiger partial charge is 0.383 e. The van der Waals surface area contributed by atoms with Crippen molar-refractivity contribution in [1.29, 1.82) is 0 Å². The van der Waals surface area contributed by atoms with Crippen molar-refractivity contribution < 1.29 is 5.11 Å². The Hall–Kier alpha value is -4.02. The lowest BCUT2D eigenvalue weighted by Crippen LogP contribution is -2.46. The third kappa shape index (κ3) is 4.59. The number of fused-ring (bicyclic) bond motifs is 2. The first-order chi connectivity index (χ1) is 22.3. The number of pyridine rings is 1. The van der Waals surface area contributed by atoms with Crippen LogP contribution in [0.5, 0.6) is 0 Å². The van der Waals surface area contributed by atoms with Gasteiger partial charge in [-0.2, -0.15) is 4.98 Å². The molecule has 2 N–H and O–H groups in total. The van der Waals surface area contributed by atoms with Crippen LogP contribution in [-0.2, 0) is 18.6 Å². The molecule has 2 spiro atoms. The van der Waals surface area contributed by atoms with E-state index in [9.17, 15) is 9.90 Å². The Kier molecular flexibility index (Phi) is 6.88. The van der Waals surface area contributed by atoms with Gasteiger partial charge in [-0.1, -0.05) is 19.1 Å². The fourth-order valence-electron chi connectivity index (χ4n) is 8.47. The number of nitrogens with zero attached hydrogens (tertiary/aromatic N) is 7. The zero-order valence-corrected chi connectivity index (χ0v) is 27.0. The highest BCUT2D eigenvalue weighted by atomic mass is 16.3. The lowest BCUT2D eigenvalue weighted by Gasteiger charge is -2.46. The summed E-state index contributed by atoms with van der Waals surface area (Å²) in [6.45, 7) is 10.8. The Morgan fingerprint density at radius 2 is 1.70 bits per heavy atom. The maximum absolute atomic E-state index is 13.5. The number of rotatable bonds is 7. The van der Waals surface area contributed by atoms with Gasteiger partial charge in [0.15, 0.2) is 11.5 Å². The number of anilines is 3. The summed E-state index contributed by atoms with van der Waals surface area (Å²) in [5.41, 5.74) is 3.65. The molecule has 5 heterocycles. The minimum atomic E-state index is -0.957. The first-order valence-corrected chi connectivity index (χ1v) is 16.9. The van der Waals surface area contributed by atoms with Gasteiger partial charge in [0.25, 0.3) is 5.56 Å². The van der Waals surface area contributed by atoms with Gasteiger partial charge in [0.1, 0.15) is 11.0 Å². The molecule has 0 amide bonds. The fourth-order valence-corrected chi connectivity index (χ4v) is 8.47. The van der Waals surface area contributed by atoms with Crippen LogP contribution in [0.4, 0.5) is 17.3 Å². The van der Waals surface area contributed by atoms with Gasteiger partial charge in [-0.05, 0) is 113 Å². The first-order valence-electron chi connectivity index (χ1n) is 16.9. The summed E-state index contributed by atoms with van der Waals surface area (Å²) in [6.07, 6.45) is 11.9. The molecule has 46 heavy (non-hydrogen) atoms. The molecule has 1 unspecified atom stereocenters. The minimum Gasteiger partial charge on any atom is -0.383 e. The number of allylic oxidation sites excluding steroid dienone is 1. The summed E-state index contributed by atoms with van der Waals surface area (Å²) in [4.78, 5) is 32.9. The molecule has 8 rings (SSSR count). The van der Waals surface area contributed by atoms with E-state index < -0.39 is 5.60 Å². The lowest BCUT2D eigenvalue weighted by molar-refractivity contribution is -0.0324. The number of hydrogen-bond acceptors (Lipinski definition) is 8. The van der Waals surface area contributed by atoms with Gasteiger partial charge in [0.2, 0.25) is 5.95 Å². The van der Waals surface area contributed by atoms with Crippen LogP contribution in [0.3, 0.4) is 0 Å². The second kappa shape index (κ2) is 10.8. The van der Waals surface area contributed by atoms with Crippen molar-refractivity contribution in [2.75, 3.05) is 43.4 Å². The smallest absolute Gasteiger partial charge is 0.278 e. The molecular weight excluding hydrogens is 576 g/mol. The number of hydrogen-bond donors (Lipinski definition) is 2. The van der Waals surface area contributed by atoms with Gasteiger partial charge < -0.3 is 20.2 Å². The van der Waals surface area contributed by atoms with Crippen LogP contribution in [0.25, 0.3) is 16.9 Å². The Labute approximate surface area is 269 Å². The van der Waals surface area contributed by atoms with Gasteiger partial charge in [0.05, 0.1) is 12.2 Å². The van der Waals surface area contributed by atoms with Crippen molar-refractivity contribution in [2.45, 2.75) is 70.4 Å². The maximum atomic E-state index is 13.5. The van der Waals surface area contributed by atoms with Crippen LogP contribution in [0.2, 0.25) is 0 Å². The van der Waals surface area contributed by atoms with Gasteiger partial charge in [-0.15, -0.1) is 6.58 Å². The van der Waals surface area contributed by atoms with Gasteiger partial charge in [-0.3, -0.25) is 4.79 Å². The molecule has 10 heteroatoms. The second-order valence-electron chi connectivity index (χ2n) is 14.2. The van der Waals surface area contributed by atoms with E-state index in [0.29, 0.717) is 34.6 Å². The molecule has 4 aromatic rings. The predicted octanol–water partition coefficient (Wildman–Crippen LogP) is 5.15. The Morgan fingerprint density at radius 1 is 0.978 bits per heavy atom. The molecule has 4 aliphatic rings. The summed E-state index contributed by atoms with van der Waals surface area (Å²) in [6, 6.07) is 12.5. The molecule has 1 atom stereocenters. The van der Waals surface area contributed by atoms with E-state index in [1.807, 2.05) is 13.0 Å². The first kappa shape index (κ1) is 29.4. The van der Waals surface area contributed by atoms with Crippen LogP contribution in [0.1, 0.15) is 63.1 Å². The van der Waals surface area contributed by atoms with Gasteiger partial charge in [-0.25, -0.2) is 19.3 Å². The van der Waals surface area contributed by atoms with Crippen LogP contribution >= 0.6 is 0 Å². The normalized spacial score (nSPS) is 23.2. The number of likely N-dealkylation sites (tertiary alicyclic amines) is 1. The molecule has 2 saturated heterocycles. The third-order valence-corrected chi connectivity index (χ3v) is 11.7. The quantitative estimate of drug-likeness (QED) is 0.274. The minimum absolute atomic E-state index is 0.104. The Balaban J connectivity index is 1.06. The van der Waals surface area contributed by atoms with Crippen molar-refractivity contribution in [3.8, 4) is 5.82 Å². The zero-order chi connectivity index (χ0) is 31.7. The van der Waals surface area contributed by atoms with Crippen molar-refractivity contribution in [2.24, 2.45) is 10.8 Å². The SMILES string of the molecule is C=CCn1c(=O)c2cnc(Nc3ccc(N4CCC5(CCN(C)CC5)CC4)cc3)nc2n1-c1ccc2c(n1)C(O)(CC)C1(CC1)C2. The average molecular weight is 621 g/mol. The maximum Gasteiger partial charge on any atom is 0.278 e. The summed E-state index contributed by atoms with van der Waals surface area (Å²) in [7, 11) is 2.24. The molecule has 0 bridgehead atoms. The topological polar surface area (TPSA) is 104 Å². The molecule has 240 valence electrons. The van der Waals surface area contributed by atoms with Crippen LogP contribution in [-0.4, -0.2) is 67.5 Å². The zero-order valence-electron chi connectivity index (χ0n) is 27.0. The molecular formula is C36H44N8O2. The van der Waals surface area contributed by atoms with Crippen LogP contribution < -0.4 is 15.8 Å². The Morgan fingerprint density at radius 3 is 2.37 bits per heavy atom. The van der Waals surface area contributed by atoms with E-state index in [4.69, 9.17) is 9.97 Å². The predicted molar refractivity (Wildman–Crippen MR) is 181 cm³/mol. The number of nitrogens with one attached hydrogen (secondary N) is 1. The Bertz CT molecular complexity index is 1860. The molecule has 0 radical (unpaired) electrons. The van der Waals surface area contributed by atoms with E-state index in [2.05, 4.69) is 64.1 Å². The number of benzene rings is 1. The van der Waals surface area contributed by atoms with Gasteiger partial charge in [0, 0.05) is 36.1 Å². The standard InChI is InChI=1S/C36H44N8O2/c1-4-18-43-32(45)28-24-37-33(38-26-7-9-27(10-8-26)42-21-16-34(17-22-42)14-19-41(3)20-15-34)40-31(28)44(43)29-11-6-25-23-35(12-13-35)36(46,5-2)30(25)39-29/h4,6-11,24,46H,1,5,12-23H2,2-3H3,(H,37,38,40).